The van der Waals surface area contributed by atoms with E-state index < -0.39 is 0 Å². The van der Waals surface area contributed by atoms with E-state index in [0.29, 0.717) is 30.4 Å². The lowest BCUT2D eigenvalue weighted by atomic mass is 10.1. The number of hydrogen-bond donors (Lipinski definition) is 1. The Morgan fingerprint density at radius 1 is 1.19 bits per heavy atom. The average molecular weight is 390 g/mol. The van der Waals surface area contributed by atoms with Crippen LogP contribution in [0.15, 0.2) is 23.1 Å². The maximum absolute atomic E-state index is 12.8. The van der Waals surface area contributed by atoms with Gasteiger partial charge in [0.25, 0.3) is 5.91 Å². The Kier molecular flexibility index (Phi) is 5.94. The van der Waals surface area contributed by atoms with Gasteiger partial charge in [-0.3, -0.25) is 4.79 Å². The predicted molar refractivity (Wildman–Crippen MR) is 110 cm³/mol. The molecule has 0 bridgehead atoms. The second kappa shape index (κ2) is 8.18. The molecule has 1 aromatic carbocycles. The molecular weight excluding hydrogens is 366 g/mol. The fraction of sp³-hybridized carbons (Fsp3) is 0.350. The molecule has 1 aliphatic heterocycles. The number of anilines is 1. The molecule has 4 nitrogen and oxygen atoms in total. The summed E-state index contributed by atoms with van der Waals surface area (Å²) in [7, 11) is 0. The Morgan fingerprint density at radius 3 is 2.69 bits per heavy atom. The van der Waals surface area contributed by atoms with Crippen LogP contribution in [0.1, 0.15) is 34.7 Å². The number of aryl methyl sites for hydroxylation is 1. The molecule has 0 saturated heterocycles. The van der Waals surface area contributed by atoms with Gasteiger partial charge < -0.3 is 14.8 Å². The standard InChI is InChI=1S/C20H23NO3S2/c1-5-23-14-7-8-17(24-6-2)16(9-14)21-20(22)19-10-18-15(11-25-19)12(3)13(4)26-18/h7-10H,5-6,11H2,1-4H3,(H,21,22). The number of nitrogens with one attached hydrogen (secondary N) is 1. The fourth-order valence-electron chi connectivity index (χ4n) is 2.77. The number of hydrogen-bond acceptors (Lipinski definition) is 5. The third-order valence-electron chi connectivity index (χ3n) is 4.21. The summed E-state index contributed by atoms with van der Waals surface area (Å²) in [4.78, 5) is 16.0. The van der Waals surface area contributed by atoms with Crippen LogP contribution in [-0.2, 0) is 10.5 Å². The summed E-state index contributed by atoms with van der Waals surface area (Å²) in [5.74, 6) is 2.08. The first-order valence-electron chi connectivity index (χ1n) is 8.67. The molecule has 3 rings (SSSR count). The third-order valence-corrected chi connectivity index (χ3v) is 6.45. The molecule has 2 heterocycles. The van der Waals surface area contributed by atoms with Crippen molar-refractivity contribution in [2.24, 2.45) is 0 Å². The minimum Gasteiger partial charge on any atom is -0.494 e. The minimum atomic E-state index is -0.112. The van der Waals surface area contributed by atoms with Crippen LogP contribution in [0.2, 0.25) is 0 Å². The Bertz CT molecular complexity index is 855. The van der Waals surface area contributed by atoms with Crippen LogP contribution in [0.3, 0.4) is 0 Å². The largest absolute Gasteiger partial charge is 0.494 e. The van der Waals surface area contributed by atoms with Crippen LogP contribution in [0.4, 0.5) is 5.69 Å². The van der Waals surface area contributed by atoms with E-state index in [0.717, 1.165) is 10.7 Å². The highest BCUT2D eigenvalue weighted by Gasteiger charge is 2.22. The number of benzene rings is 1. The molecule has 2 aromatic rings. The number of fused-ring (bicyclic) bond motifs is 1. The topological polar surface area (TPSA) is 47.6 Å². The Balaban J connectivity index is 1.84. The van der Waals surface area contributed by atoms with Gasteiger partial charge in [-0.15, -0.1) is 23.1 Å². The van der Waals surface area contributed by atoms with Gasteiger partial charge in [-0.25, -0.2) is 0 Å². The van der Waals surface area contributed by atoms with E-state index in [1.807, 2.05) is 38.1 Å². The van der Waals surface area contributed by atoms with E-state index >= 15 is 0 Å². The highest BCUT2D eigenvalue weighted by atomic mass is 32.2. The van der Waals surface area contributed by atoms with E-state index in [1.165, 1.54) is 20.9 Å². The SMILES string of the molecule is CCOc1ccc(OCC)c(NC(=O)C2=Cc3sc(C)c(C)c3CS2)c1. The number of rotatable bonds is 6. The van der Waals surface area contributed by atoms with Gasteiger partial charge in [-0.05, 0) is 57.0 Å². The number of ether oxygens (including phenoxy) is 2. The molecule has 0 radical (unpaired) electrons. The van der Waals surface area contributed by atoms with Crippen LogP contribution >= 0.6 is 23.1 Å². The Labute approximate surface area is 162 Å². The van der Waals surface area contributed by atoms with Crippen molar-refractivity contribution in [2.75, 3.05) is 18.5 Å². The van der Waals surface area contributed by atoms with E-state index in [9.17, 15) is 4.79 Å². The quantitative estimate of drug-likeness (QED) is 0.720. The zero-order chi connectivity index (χ0) is 18.7. The molecule has 26 heavy (non-hydrogen) atoms. The van der Waals surface area contributed by atoms with Gasteiger partial charge in [0, 0.05) is 21.6 Å². The van der Waals surface area contributed by atoms with Crippen LogP contribution in [-0.4, -0.2) is 19.1 Å². The molecule has 138 valence electrons. The van der Waals surface area contributed by atoms with Crippen molar-refractivity contribution in [1.29, 1.82) is 0 Å². The summed E-state index contributed by atoms with van der Waals surface area (Å²) in [6, 6.07) is 5.49. The first kappa shape index (κ1) is 18.9. The zero-order valence-electron chi connectivity index (χ0n) is 15.5. The molecular formula is C20H23NO3S2. The van der Waals surface area contributed by atoms with Gasteiger partial charge in [-0.1, -0.05) is 0 Å². The van der Waals surface area contributed by atoms with Crippen molar-refractivity contribution in [2.45, 2.75) is 33.4 Å². The maximum atomic E-state index is 12.8. The van der Waals surface area contributed by atoms with E-state index in [-0.39, 0.29) is 5.91 Å². The van der Waals surface area contributed by atoms with Crippen LogP contribution in [0.5, 0.6) is 11.5 Å². The number of thioether (sulfide) groups is 1. The summed E-state index contributed by atoms with van der Waals surface area (Å²) in [6.45, 7) is 9.24. The molecule has 1 N–H and O–H groups in total. The molecule has 1 aliphatic rings. The van der Waals surface area contributed by atoms with Crippen molar-refractivity contribution in [3.8, 4) is 11.5 Å². The van der Waals surface area contributed by atoms with E-state index in [2.05, 4.69) is 19.2 Å². The van der Waals surface area contributed by atoms with Gasteiger partial charge >= 0.3 is 0 Å². The molecule has 0 fully saturated rings. The van der Waals surface area contributed by atoms with E-state index in [4.69, 9.17) is 9.47 Å². The number of thiophene rings is 1. The van der Waals surface area contributed by atoms with Crippen molar-refractivity contribution < 1.29 is 14.3 Å². The van der Waals surface area contributed by atoms with Gasteiger partial charge in [-0.2, -0.15) is 0 Å². The maximum Gasteiger partial charge on any atom is 0.262 e. The van der Waals surface area contributed by atoms with Crippen molar-refractivity contribution in [3.05, 3.63) is 44.0 Å². The van der Waals surface area contributed by atoms with Crippen LogP contribution in [0, 0.1) is 13.8 Å². The fourth-order valence-corrected chi connectivity index (χ4v) is 5.12. The van der Waals surface area contributed by atoms with Gasteiger partial charge in [0.2, 0.25) is 0 Å². The minimum absolute atomic E-state index is 0.112. The van der Waals surface area contributed by atoms with Gasteiger partial charge in [0.1, 0.15) is 11.5 Å². The van der Waals surface area contributed by atoms with Crippen molar-refractivity contribution >= 4 is 40.8 Å². The highest BCUT2D eigenvalue weighted by molar-refractivity contribution is 8.03. The number of carbonyl (C=O) groups excluding carboxylic acids is 1. The van der Waals surface area contributed by atoms with Crippen molar-refractivity contribution in [3.63, 3.8) is 0 Å². The molecule has 0 aliphatic carbocycles. The number of carbonyl (C=O) groups is 1. The molecule has 0 atom stereocenters. The van der Waals surface area contributed by atoms with Crippen molar-refractivity contribution in [1.82, 2.24) is 0 Å². The van der Waals surface area contributed by atoms with Crippen LogP contribution < -0.4 is 14.8 Å². The van der Waals surface area contributed by atoms with Gasteiger partial charge in [0.05, 0.1) is 23.8 Å². The zero-order valence-corrected chi connectivity index (χ0v) is 17.1. The lowest BCUT2D eigenvalue weighted by Gasteiger charge is -2.16. The third kappa shape index (κ3) is 3.91. The molecule has 0 unspecified atom stereocenters. The summed E-state index contributed by atoms with van der Waals surface area (Å²) in [5.41, 5.74) is 3.33. The molecule has 0 spiro atoms. The highest BCUT2D eigenvalue weighted by Crippen LogP contribution is 2.40. The summed E-state index contributed by atoms with van der Waals surface area (Å²) >= 11 is 3.33. The van der Waals surface area contributed by atoms with Crippen LogP contribution in [0.25, 0.3) is 6.08 Å². The lowest BCUT2D eigenvalue weighted by Crippen LogP contribution is -2.15. The first-order chi connectivity index (χ1) is 12.5. The normalized spacial score (nSPS) is 13.0. The summed E-state index contributed by atoms with van der Waals surface area (Å²) < 4.78 is 11.2. The number of amides is 1. The Morgan fingerprint density at radius 2 is 1.96 bits per heavy atom. The van der Waals surface area contributed by atoms with Gasteiger partial charge in [0.15, 0.2) is 0 Å². The molecule has 6 heteroatoms. The predicted octanol–water partition coefficient (Wildman–Crippen LogP) is 5.39. The second-order valence-corrected chi connectivity index (χ2v) is 8.17. The first-order valence-corrected chi connectivity index (χ1v) is 10.5. The molecule has 1 amide bonds. The summed E-state index contributed by atoms with van der Waals surface area (Å²) in [6.07, 6.45) is 2.00. The van der Waals surface area contributed by atoms with E-state index in [1.54, 1.807) is 23.1 Å². The monoisotopic (exact) mass is 389 g/mol. The molecule has 0 saturated carbocycles. The molecule has 1 aromatic heterocycles. The lowest BCUT2D eigenvalue weighted by molar-refractivity contribution is -0.112. The average Bonchev–Trinajstić information content (AvgIpc) is 2.91. The smallest absolute Gasteiger partial charge is 0.262 e. The second-order valence-electron chi connectivity index (χ2n) is 5.90. The summed E-state index contributed by atoms with van der Waals surface area (Å²) in [5, 5.41) is 2.99. The Hall–Kier alpha value is -1.92.